The third-order valence-electron chi connectivity index (χ3n) is 4.08. The van der Waals surface area contributed by atoms with E-state index in [1.165, 1.54) is 0 Å². The van der Waals surface area contributed by atoms with Crippen LogP contribution in [0.4, 0.5) is 0 Å². The smallest absolute Gasteiger partial charge is 0.256 e. The van der Waals surface area contributed by atoms with Crippen molar-refractivity contribution in [2.45, 2.75) is 39.7 Å². The highest BCUT2D eigenvalue weighted by Gasteiger charge is 2.22. The monoisotopic (exact) mass is 288 g/mol. The predicted molar refractivity (Wildman–Crippen MR) is 77.0 cm³/mol. The molecule has 0 saturated heterocycles. The Balaban J connectivity index is 1.61. The van der Waals surface area contributed by atoms with Crippen LogP contribution < -0.4 is 5.32 Å². The van der Waals surface area contributed by atoms with Crippen LogP contribution in [0.3, 0.4) is 0 Å². The molecule has 0 spiro atoms. The largest absolute Gasteiger partial charge is 0.360 e. The van der Waals surface area contributed by atoms with Crippen LogP contribution in [0.15, 0.2) is 16.9 Å². The number of nitrogens with one attached hydrogen (secondary N) is 1. The van der Waals surface area contributed by atoms with Crippen LogP contribution >= 0.6 is 0 Å². The van der Waals surface area contributed by atoms with E-state index in [9.17, 15) is 4.79 Å². The summed E-state index contributed by atoms with van der Waals surface area (Å²) in [6, 6.07) is 0. The third kappa shape index (κ3) is 2.70. The number of nitrogens with zero attached hydrogens (tertiary/aromatic N) is 3. The van der Waals surface area contributed by atoms with Crippen LogP contribution in [-0.2, 0) is 19.4 Å². The van der Waals surface area contributed by atoms with E-state index in [0.29, 0.717) is 35.9 Å². The van der Waals surface area contributed by atoms with Crippen molar-refractivity contribution >= 4 is 5.91 Å². The number of fused-ring (bicyclic) bond motifs is 1. The highest BCUT2D eigenvalue weighted by atomic mass is 16.5. The topological polar surface area (TPSA) is 73.0 Å². The zero-order valence-corrected chi connectivity index (χ0v) is 12.4. The van der Waals surface area contributed by atoms with Gasteiger partial charge in [0.1, 0.15) is 17.1 Å². The van der Waals surface area contributed by atoms with Gasteiger partial charge in [0.2, 0.25) is 0 Å². The lowest BCUT2D eigenvalue weighted by molar-refractivity contribution is 0.0942. The Morgan fingerprint density at radius 1 is 1.57 bits per heavy atom. The second-order valence-corrected chi connectivity index (χ2v) is 5.53. The normalized spacial score (nSPS) is 17.5. The second kappa shape index (κ2) is 5.71. The average molecular weight is 288 g/mol. The fraction of sp³-hybridized carbons (Fsp3) is 0.533. The maximum Gasteiger partial charge on any atom is 0.256 e. The Labute approximate surface area is 123 Å². The quantitative estimate of drug-likeness (QED) is 0.930. The van der Waals surface area contributed by atoms with Crippen LogP contribution in [0, 0.1) is 12.8 Å². The zero-order valence-electron chi connectivity index (χ0n) is 12.4. The minimum absolute atomic E-state index is 0.0838. The summed E-state index contributed by atoms with van der Waals surface area (Å²) in [6.07, 6.45) is 6.50. The SMILES string of the molecule is CCc1onc(C)c1C(=O)NCC1CCn2ccnc2C1. The van der Waals surface area contributed by atoms with Crippen LogP contribution in [0.25, 0.3) is 0 Å². The number of rotatable bonds is 4. The molecule has 0 fully saturated rings. The molecule has 21 heavy (non-hydrogen) atoms. The van der Waals surface area contributed by atoms with Gasteiger partial charge in [0.15, 0.2) is 0 Å². The summed E-state index contributed by atoms with van der Waals surface area (Å²) < 4.78 is 7.35. The van der Waals surface area contributed by atoms with Crippen molar-refractivity contribution in [3.8, 4) is 0 Å². The summed E-state index contributed by atoms with van der Waals surface area (Å²) >= 11 is 0. The zero-order chi connectivity index (χ0) is 14.8. The fourth-order valence-electron chi connectivity index (χ4n) is 2.86. The van der Waals surface area contributed by atoms with Crippen LogP contribution in [0.2, 0.25) is 0 Å². The molecule has 1 aliphatic heterocycles. The molecule has 0 radical (unpaired) electrons. The van der Waals surface area contributed by atoms with Gasteiger partial charge in [-0.25, -0.2) is 4.98 Å². The summed E-state index contributed by atoms with van der Waals surface area (Å²) in [5.74, 6) is 2.12. The molecule has 2 aromatic rings. The summed E-state index contributed by atoms with van der Waals surface area (Å²) in [6.45, 7) is 5.40. The predicted octanol–water partition coefficient (Wildman–Crippen LogP) is 1.73. The van der Waals surface area contributed by atoms with E-state index in [-0.39, 0.29) is 5.91 Å². The Bertz CT molecular complexity index is 644. The summed E-state index contributed by atoms with van der Waals surface area (Å²) in [5, 5.41) is 6.89. The molecule has 3 rings (SSSR count). The van der Waals surface area contributed by atoms with E-state index in [2.05, 4.69) is 20.0 Å². The van der Waals surface area contributed by atoms with Gasteiger partial charge in [-0.2, -0.15) is 0 Å². The van der Waals surface area contributed by atoms with Crippen LogP contribution in [0.1, 0.15) is 41.0 Å². The number of aromatic nitrogens is 3. The van der Waals surface area contributed by atoms with Gasteiger partial charge in [0.25, 0.3) is 5.91 Å². The second-order valence-electron chi connectivity index (χ2n) is 5.53. The molecule has 6 nitrogen and oxygen atoms in total. The number of aryl methyl sites for hydroxylation is 3. The van der Waals surface area contributed by atoms with Gasteiger partial charge in [-0.3, -0.25) is 4.79 Å². The first-order chi connectivity index (χ1) is 10.2. The molecule has 0 aromatic carbocycles. The molecule has 1 amide bonds. The van der Waals surface area contributed by atoms with Crippen molar-refractivity contribution < 1.29 is 9.32 Å². The first-order valence-corrected chi connectivity index (χ1v) is 7.42. The van der Waals surface area contributed by atoms with Crippen molar-refractivity contribution in [3.63, 3.8) is 0 Å². The standard InChI is InChI=1S/C15H20N4O2/c1-3-12-14(10(2)18-21-12)15(20)17-9-11-4-6-19-7-5-16-13(19)8-11/h5,7,11H,3-4,6,8-9H2,1-2H3,(H,17,20). The number of carbonyl (C=O) groups excluding carboxylic acids is 1. The molecule has 3 heterocycles. The molecule has 0 bridgehead atoms. The van der Waals surface area contributed by atoms with E-state index in [0.717, 1.165) is 25.2 Å². The molecule has 0 aliphatic carbocycles. The molecule has 2 aromatic heterocycles. The van der Waals surface area contributed by atoms with Crippen molar-refractivity contribution in [1.29, 1.82) is 0 Å². The minimum Gasteiger partial charge on any atom is -0.360 e. The maximum absolute atomic E-state index is 12.3. The number of amides is 1. The molecule has 0 saturated carbocycles. The Kier molecular flexibility index (Phi) is 3.77. The van der Waals surface area contributed by atoms with Gasteiger partial charge in [-0.1, -0.05) is 12.1 Å². The lowest BCUT2D eigenvalue weighted by Crippen LogP contribution is -2.33. The molecule has 1 atom stereocenters. The summed E-state index contributed by atoms with van der Waals surface area (Å²) in [7, 11) is 0. The Morgan fingerprint density at radius 2 is 2.43 bits per heavy atom. The van der Waals surface area contributed by atoms with E-state index < -0.39 is 0 Å². The summed E-state index contributed by atoms with van der Waals surface area (Å²) in [5.41, 5.74) is 1.25. The molecule has 1 N–H and O–H groups in total. The lowest BCUT2D eigenvalue weighted by Gasteiger charge is -2.23. The van der Waals surface area contributed by atoms with Crippen molar-refractivity contribution in [2.75, 3.05) is 6.54 Å². The van der Waals surface area contributed by atoms with E-state index in [1.807, 2.05) is 19.3 Å². The Hall–Kier alpha value is -2.11. The molecule has 112 valence electrons. The van der Waals surface area contributed by atoms with Gasteiger partial charge in [0.05, 0.1) is 5.69 Å². The van der Waals surface area contributed by atoms with Gasteiger partial charge in [-0.05, 0) is 19.3 Å². The van der Waals surface area contributed by atoms with Gasteiger partial charge in [0, 0.05) is 38.3 Å². The van der Waals surface area contributed by atoms with E-state index in [1.54, 1.807) is 6.92 Å². The first kappa shape index (κ1) is 13.9. The van der Waals surface area contributed by atoms with Crippen LogP contribution in [-0.4, -0.2) is 27.2 Å². The van der Waals surface area contributed by atoms with E-state index >= 15 is 0 Å². The van der Waals surface area contributed by atoms with Crippen molar-refractivity contribution in [2.24, 2.45) is 5.92 Å². The number of hydrogen-bond donors (Lipinski definition) is 1. The number of carbonyl (C=O) groups is 1. The van der Waals surface area contributed by atoms with Crippen molar-refractivity contribution in [3.05, 3.63) is 35.2 Å². The highest BCUT2D eigenvalue weighted by molar-refractivity contribution is 5.96. The fourth-order valence-corrected chi connectivity index (χ4v) is 2.86. The van der Waals surface area contributed by atoms with Gasteiger partial charge < -0.3 is 14.4 Å². The summed E-state index contributed by atoms with van der Waals surface area (Å²) in [4.78, 5) is 16.7. The maximum atomic E-state index is 12.3. The average Bonchev–Trinajstić information content (AvgIpc) is 3.10. The lowest BCUT2D eigenvalue weighted by atomic mass is 9.97. The van der Waals surface area contributed by atoms with Crippen molar-refractivity contribution in [1.82, 2.24) is 20.0 Å². The van der Waals surface area contributed by atoms with Crippen LogP contribution in [0.5, 0.6) is 0 Å². The van der Waals surface area contributed by atoms with Gasteiger partial charge >= 0.3 is 0 Å². The number of imidazole rings is 1. The molecular weight excluding hydrogens is 268 g/mol. The van der Waals surface area contributed by atoms with E-state index in [4.69, 9.17) is 4.52 Å². The number of hydrogen-bond acceptors (Lipinski definition) is 4. The molecule has 1 aliphatic rings. The third-order valence-corrected chi connectivity index (χ3v) is 4.08. The minimum atomic E-state index is -0.0838. The highest BCUT2D eigenvalue weighted by Crippen LogP contribution is 2.19. The Morgan fingerprint density at radius 3 is 3.24 bits per heavy atom. The first-order valence-electron chi connectivity index (χ1n) is 7.42. The molecular formula is C15H20N4O2. The molecule has 6 heteroatoms. The molecule has 1 unspecified atom stereocenters. The van der Waals surface area contributed by atoms with Gasteiger partial charge in [-0.15, -0.1) is 0 Å².